The Morgan fingerprint density at radius 1 is 1.13 bits per heavy atom. The Morgan fingerprint density at radius 2 is 1.87 bits per heavy atom. The number of rotatable bonds is 6. The van der Waals surface area contributed by atoms with Crippen molar-refractivity contribution in [1.29, 1.82) is 0 Å². The van der Waals surface area contributed by atoms with Gasteiger partial charge in [-0.15, -0.1) is 0 Å². The van der Waals surface area contributed by atoms with E-state index in [0.717, 1.165) is 5.56 Å². The van der Waals surface area contributed by atoms with Gasteiger partial charge in [-0.05, 0) is 24.1 Å². The van der Waals surface area contributed by atoms with Crippen LogP contribution >= 0.6 is 0 Å². The molecule has 6 heteroatoms. The zero-order valence-corrected chi connectivity index (χ0v) is 12.6. The first-order valence-corrected chi connectivity index (χ1v) is 7.05. The Kier molecular flexibility index (Phi) is 5.57. The lowest BCUT2D eigenvalue weighted by Crippen LogP contribution is -2.50. The molecule has 0 aliphatic carbocycles. The van der Waals surface area contributed by atoms with Crippen LogP contribution in [-0.4, -0.2) is 25.2 Å². The second-order valence-corrected chi connectivity index (χ2v) is 4.89. The van der Waals surface area contributed by atoms with Crippen molar-refractivity contribution < 1.29 is 19.4 Å². The number of ether oxygens (including phenoxy) is 1. The summed E-state index contributed by atoms with van der Waals surface area (Å²) in [6, 6.07) is 14.0. The van der Waals surface area contributed by atoms with E-state index in [0.29, 0.717) is 11.4 Å². The summed E-state index contributed by atoms with van der Waals surface area (Å²) in [6.45, 7) is 0. The van der Waals surface area contributed by atoms with Crippen LogP contribution in [0.4, 0.5) is 10.5 Å². The number of methoxy groups -OCH3 is 1. The van der Waals surface area contributed by atoms with E-state index < -0.39 is 18.0 Å². The standard InChI is InChI=1S/C17H18N2O4/c1-23-14-9-5-8-13(11-14)18-17(22)19-15(16(20)21)10-12-6-3-2-4-7-12/h2-9,11,15H,10H2,1H3,(H,20,21)(H2,18,19,22)/p-1/t15-/m1/s1. The molecule has 2 rings (SSSR count). The van der Waals surface area contributed by atoms with Gasteiger partial charge in [0, 0.05) is 11.8 Å². The highest BCUT2D eigenvalue weighted by Gasteiger charge is 2.14. The summed E-state index contributed by atoms with van der Waals surface area (Å²) in [5.74, 6) is -0.752. The first-order valence-electron chi connectivity index (χ1n) is 7.05. The summed E-state index contributed by atoms with van der Waals surface area (Å²) in [5.41, 5.74) is 1.29. The molecule has 2 N–H and O–H groups in total. The molecule has 120 valence electrons. The molecule has 0 saturated carbocycles. The highest BCUT2D eigenvalue weighted by molar-refractivity contribution is 5.92. The fourth-order valence-electron chi connectivity index (χ4n) is 2.07. The van der Waals surface area contributed by atoms with E-state index in [4.69, 9.17) is 4.74 Å². The highest BCUT2D eigenvalue weighted by atomic mass is 16.5. The maximum absolute atomic E-state index is 12.0. The first-order chi connectivity index (χ1) is 11.1. The molecule has 6 nitrogen and oxygen atoms in total. The van der Waals surface area contributed by atoms with E-state index in [1.54, 1.807) is 48.5 Å². The highest BCUT2D eigenvalue weighted by Crippen LogP contribution is 2.16. The van der Waals surface area contributed by atoms with E-state index in [2.05, 4.69) is 10.6 Å². The van der Waals surface area contributed by atoms with Crippen LogP contribution in [0.3, 0.4) is 0 Å². The van der Waals surface area contributed by atoms with Gasteiger partial charge >= 0.3 is 6.03 Å². The number of hydrogen-bond donors (Lipinski definition) is 2. The van der Waals surface area contributed by atoms with Crippen molar-refractivity contribution in [3.63, 3.8) is 0 Å². The summed E-state index contributed by atoms with van der Waals surface area (Å²) in [5, 5.41) is 16.2. The third kappa shape index (κ3) is 5.03. The normalized spacial score (nSPS) is 11.3. The minimum absolute atomic E-state index is 0.148. The molecular weight excluding hydrogens is 296 g/mol. The summed E-state index contributed by atoms with van der Waals surface area (Å²) in [4.78, 5) is 23.2. The lowest BCUT2D eigenvalue weighted by atomic mass is 10.1. The summed E-state index contributed by atoms with van der Waals surface area (Å²) in [7, 11) is 1.52. The molecule has 0 radical (unpaired) electrons. The van der Waals surface area contributed by atoms with E-state index in [1.807, 2.05) is 6.07 Å². The molecule has 0 unspecified atom stereocenters. The van der Waals surface area contributed by atoms with Gasteiger partial charge in [0.05, 0.1) is 19.1 Å². The largest absolute Gasteiger partial charge is 0.548 e. The Labute approximate surface area is 134 Å². The lowest BCUT2D eigenvalue weighted by Gasteiger charge is -2.20. The van der Waals surface area contributed by atoms with Crippen LogP contribution in [0, 0.1) is 0 Å². The molecule has 2 amide bonds. The Hall–Kier alpha value is -3.02. The van der Waals surface area contributed by atoms with E-state index >= 15 is 0 Å². The maximum atomic E-state index is 12.0. The van der Waals surface area contributed by atoms with Gasteiger partial charge in [0.25, 0.3) is 0 Å². The number of amides is 2. The number of carbonyl (C=O) groups is 2. The molecule has 0 aliphatic rings. The number of carbonyl (C=O) groups excluding carboxylic acids is 2. The second-order valence-electron chi connectivity index (χ2n) is 4.89. The zero-order valence-electron chi connectivity index (χ0n) is 12.6. The number of urea groups is 1. The number of hydrogen-bond acceptors (Lipinski definition) is 4. The Morgan fingerprint density at radius 3 is 2.52 bits per heavy atom. The number of carboxylic acid groups (broad SMARTS) is 1. The van der Waals surface area contributed by atoms with Crippen molar-refractivity contribution in [2.45, 2.75) is 12.5 Å². The van der Waals surface area contributed by atoms with Crippen LogP contribution in [0.25, 0.3) is 0 Å². The number of carboxylic acids is 1. The third-order valence-corrected chi connectivity index (χ3v) is 3.20. The average Bonchev–Trinajstić information content (AvgIpc) is 2.55. The first kappa shape index (κ1) is 16.4. The number of benzene rings is 2. The average molecular weight is 313 g/mol. The molecule has 0 spiro atoms. The molecule has 2 aromatic carbocycles. The van der Waals surface area contributed by atoms with E-state index in [-0.39, 0.29) is 6.42 Å². The van der Waals surface area contributed by atoms with Gasteiger partial charge < -0.3 is 25.3 Å². The SMILES string of the molecule is COc1cccc(NC(=O)N[C@H](Cc2ccccc2)C(=O)[O-])c1. The van der Waals surface area contributed by atoms with Gasteiger partial charge in [0.1, 0.15) is 5.75 Å². The van der Waals surface area contributed by atoms with Gasteiger partial charge in [0.15, 0.2) is 0 Å². The van der Waals surface area contributed by atoms with Crippen LogP contribution < -0.4 is 20.5 Å². The number of aliphatic carboxylic acids is 1. The molecule has 0 fully saturated rings. The summed E-state index contributed by atoms with van der Waals surface area (Å²) >= 11 is 0. The minimum Gasteiger partial charge on any atom is -0.548 e. The zero-order chi connectivity index (χ0) is 16.7. The molecule has 0 aliphatic heterocycles. The molecule has 0 saturated heterocycles. The lowest BCUT2D eigenvalue weighted by molar-refractivity contribution is -0.308. The number of anilines is 1. The van der Waals surface area contributed by atoms with E-state index in [9.17, 15) is 14.7 Å². The third-order valence-electron chi connectivity index (χ3n) is 3.20. The van der Waals surface area contributed by atoms with Crippen molar-refractivity contribution in [2.75, 3.05) is 12.4 Å². The molecule has 0 bridgehead atoms. The van der Waals surface area contributed by atoms with Gasteiger partial charge in [0.2, 0.25) is 0 Å². The van der Waals surface area contributed by atoms with Crippen LogP contribution in [0.1, 0.15) is 5.56 Å². The second kappa shape index (κ2) is 7.84. The summed E-state index contributed by atoms with van der Waals surface area (Å²) in [6.07, 6.45) is 0.148. The molecule has 0 aromatic heterocycles. The van der Waals surface area contributed by atoms with Gasteiger partial charge in [-0.2, -0.15) is 0 Å². The molecular formula is C17H17N2O4-. The summed E-state index contributed by atoms with van der Waals surface area (Å²) < 4.78 is 5.06. The molecule has 0 heterocycles. The molecule has 1 atom stereocenters. The Bertz CT molecular complexity index is 673. The van der Waals surface area contributed by atoms with E-state index in [1.165, 1.54) is 7.11 Å². The van der Waals surface area contributed by atoms with Crippen molar-refractivity contribution in [2.24, 2.45) is 0 Å². The van der Waals surface area contributed by atoms with Crippen LogP contribution in [-0.2, 0) is 11.2 Å². The predicted octanol–water partition coefficient (Wildman–Crippen LogP) is 1.18. The topological polar surface area (TPSA) is 90.5 Å². The van der Waals surface area contributed by atoms with Crippen molar-refractivity contribution >= 4 is 17.7 Å². The van der Waals surface area contributed by atoms with Crippen molar-refractivity contribution in [1.82, 2.24) is 5.32 Å². The smallest absolute Gasteiger partial charge is 0.319 e. The minimum atomic E-state index is -1.34. The fourth-order valence-corrected chi connectivity index (χ4v) is 2.07. The molecule has 2 aromatic rings. The maximum Gasteiger partial charge on any atom is 0.319 e. The predicted molar refractivity (Wildman–Crippen MR) is 84.1 cm³/mol. The van der Waals surface area contributed by atoms with Crippen LogP contribution in [0.15, 0.2) is 54.6 Å². The van der Waals surface area contributed by atoms with Crippen molar-refractivity contribution in [3.8, 4) is 5.75 Å². The van der Waals surface area contributed by atoms with Gasteiger partial charge in [-0.25, -0.2) is 4.79 Å². The fraction of sp³-hybridized carbons (Fsp3) is 0.176. The van der Waals surface area contributed by atoms with Crippen LogP contribution in [0.5, 0.6) is 5.75 Å². The molecule has 23 heavy (non-hydrogen) atoms. The van der Waals surface area contributed by atoms with Gasteiger partial charge in [-0.1, -0.05) is 36.4 Å². The number of nitrogens with one attached hydrogen (secondary N) is 2. The monoisotopic (exact) mass is 313 g/mol. The van der Waals surface area contributed by atoms with Gasteiger partial charge in [-0.3, -0.25) is 0 Å². The Balaban J connectivity index is 1.99. The van der Waals surface area contributed by atoms with Crippen molar-refractivity contribution in [3.05, 3.63) is 60.2 Å². The quantitative estimate of drug-likeness (QED) is 0.838. The van der Waals surface area contributed by atoms with Crippen LogP contribution in [0.2, 0.25) is 0 Å².